The summed E-state index contributed by atoms with van der Waals surface area (Å²) in [5, 5.41) is 0. The van der Waals surface area contributed by atoms with Crippen molar-refractivity contribution in [3.05, 3.63) is 35.4 Å². The normalized spacial score (nSPS) is 36.9. The fourth-order valence-corrected chi connectivity index (χ4v) is 9.21. The van der Waals surface area contributed by atoms with Crippen molar-refractivity contribution in [3.63, 3.8) is 0 Å². The maximum Gasteiger partial charge on any atom is 0.175 e. The van der Waals surface area contributed by atoms with Gasteiger partial charge in [-0.2, -0.15) is 0 Å². The second-order valence-electron chi connectivity index (χ2n) is 13.5. The number of hydrogen-bond acceptors (Lipinski definition) is 7. The smallest absolute Gasteiger partial charge is 0.175 e. The summed E-state index contributed by atoms with van der Waals surface area (Å²) in [5.74, 6) is 0. The second kappa shape index (κ2) is 11.0. The molecule has 0 amide bonds. The van der Waals surface area contributed by atoms with Gasteiger partial charge in [-0.25, -0.2) is 4.90 Å². The van der Waals surface area contributed by atoms with Crippen LogP contribution in [-0.2, 0) is 13.1 Å². The Morgan fingerprint density at radius 2 is 1.15 bits per heavy atom. The molecule has 0 aliphatic carbocycles. The van der Waals surface area contributed by atoms with Crippen LogP contribution in [0.2, 0.25) is 0 Å². The molecule has 1 aromatic carbocycles. The lowest BCUT2D eigenvalue weighted by atomic mass is 10.0. The monoisotopic (exact) mass is 537 g/mol. The quantitative estimate of drug-likeness (QED) is 0.463. The van der Waals surface area contributed by atoms with Crippen LogP contribution in [0.5, 0.6) is 0 Å². The van der Waals surface area contributed by atoms with E-state index < -0.39 is 0 Å². The molecule has 1 aromatic rings. The van der Waals surface area contributed by atoms with E-state index in [2.05, 4.69) is 79.5 Å². The van der Waals surface area contributed by atoms with Crippen LogP contribution >= 0.6 is 0 Å². The summed E-state index contributed by atoms with van der Waals surface area (Å²) in [7, 11) is 2.53. The highest BCUT2D eigenvalue weighted by molar-refractivity contribution is 5.24. The number of hydrogen-bond donors (Lipinski definition) is 0. The van der Waals surface area contributed by atoms with Crippen molar-refractivity contribution >= 4 is 0 Å². The van der Waals surface area contributed by atoms with Gasteiger partial charge in [-0.05, 0) is 37.1 Å². The standard InChI is InChI=1S/C31H53N8/c1-4-9-32-11-12-34-13-14-35-15-17-37(29(32)28(34)35)24-26-7-6-8-27(23-26)25-38-18-16-36-20-22-39(3)21-19-33(10-5-2)30(38)31(36)39/h6-8,23,28-31H,4-5,9-22,24-25H2,1-3H3/q+1. The predicted octanol–water partition coefficient (Wildman–Crippen LogP) is 1.45. The molecule has 7 rings (SSSR count). The van der Waals surface area contributed by atoms with E-state index in [-0.39, 0.29) is 0 Å². The third-order valence-electron chi connectivity index (χ3n) is 11.1. The Bertz CT molecular complexity index is 999. The Morgan fingerprint density at radius 1 is 0.615 bits per heavy atom. The molecular weight excluding hydrogens is 484 g/mol. The molecule has 0 bridgehead atoms. The van der Waals surface area contributed by atoms with Crippen molar-refractivity contribution in [3.8, 4) is 0 Å². The molecule has 6 heterocycles. The van der Waals surface area contributed by atoms with Gasteiger partial charge in [0.2, 0.25) is 0 Å². The minimum Gasteiger partial charge on any atom is -0.306 e. The van der Waals surface area contributed by atoms with E-state index in [0.717, 1.165) is 13.1 Å². The number of quaternary nitrogens is 1. The first-order valence-electron chi connectivity index (χ1n) is 16.2. The van der Waals surface area contributed by atoms with Crippen LogP contribution in [0, 0.1) is 0 Å². The highest BCUT2D eigenvalue weighted by Gasteiger charge is 2.56. The zero-order chi connectivity index (χ0) is 26.6. The summed E-state index contributed by atoms with van der Waals surface area (Å²) >= 11 is 0. The summed E-state index contributed by atoms with van der Waals surface area (Å²) in [6, 6.07) is 9.67. The minimum absolute atomic E-state index is 0.536. The van der Waals surface area contributed by atoms with E-state index in [1.807, 2.05) is 0 Å². The van der Waals surface area contributed by atoms with Crippen molar-refractivity contribution in [2.24, 2.45) is 0 Å². The summed E-state index contributed by atoms with van der Waals surface area (Å²) in [6.07, 6.45) is 4.81. The molecule has 0 spiro atoms. The van der Waals surface area contributed by atoms with Gasteiger partial charge in [-0.1, -0.05) is 38.1 Å². The van der Waals surface area contributed by atoms with Crippen molar-refractivity contribution in [2.45, 2.75) is 64.4 Å². The van der Waals surface area contributed by atoms with Gasteiger partial charge < -0.3 is 4.48 Å². The van der Waals surface area contributed by atoms with E-state index in [1.54, 1.807) is 0 Å². The average Bonchev–Trinajstić information content (AvgIpc) is 3.52. The predicted molar refractivity (Wildman–Crippen MR) is 157 cm³/mol. The van der Waals surface area contributed by atoms with E-state index >= 15 is 0 Å². The molecular formula is C31H53N8+. The van der Waals surface area contributed by atoms with Crippen molar-refractivity contribution in [2.75, 3.05) is 98.7 Å². The fourth-order valence-electron chi connectivity index (χ4n) is 9.21. The molecule has 216 valence electrons. The topological polar surface area (TPSA) is 22.7 Å². The molecule has 0 aromatic heterocycles. The number of piperazine rings is 4. The zero-order valence-electron chi connectivity index (χ0n) is 24.9. The Hall–Kier alpha value is -1.10. The van der Waals surface area contributed by atoms with Crippen LogP contribution in [-0.4, -0.2) is 162 Å². The van der Waals surface area contributed by atoms with E-state index in [9.17, 15) is 0 Å². The first-order valence-corrected chi connectivity index (χ1v) is 16.2. The largest absolute Gasteiger partial charge is 0.306 e. The molecule has 5 atom stereocenters. The molecule has 0 radical (unpaired) electrons. The number of nitrogens with zero attached hydrogens (tertiary/aromatic N) is 8. The van der Waals surface area contributed by atoms with Gasteiger partial charge in [0.1, 0.15) is 6.17 Å². The number of likely N-dealkylation sites (N-methyl/N-ethyl adjacent to an activating group) is 1. The Balaban J connectivity index is 1.09. The molecule has 6 saturated heterocycles. The zero-order valence-corrected chi connectivity index (χ0v) is 24.9. The summed E-state index contributed by atoms with van der Waals surface area (Å²) < 4.78 is 1.25. The highest BCUT2D eigenvalue weighted by atomic mass is 15.6. The number of rotatable bonds is 8. The SMILES string of the molecule is CCCN1CCN2CCN3CCN(Cc4cccc(CN5CCN6CC[N+]7(C)CCN(CCC)C5C67)c4)C1C23. The summed E-state index contributed by atoms with van der Waals surface area (Å²) in [5.41, 5.74) is 3.01. The Kier molecular flexibility index (Phi) is 7.52. The maximum atomic E-state index is 2.84. The fraction of sp³-hybridized carbons (Fsp3) is 0.806. The first kappa shape index (κ1) is 26.8. The number of benzene rings is 1. The molecule has 5 unspecified atom stereocenters. The van der Waals surface area contributed by atoms with E-state index in [0.29, 0.717) is 24.7 Å². The molecule has 6 fully saturated rings. The second-order valence-corrected chi connectivity index (χ2v) is 13.5. The van der Waals surface area contributed by atoms with Crippen LogP contribution in [0.15, 0.2) is 24.3 Å². The Labute approximate surface area is 237 Å². The van der Waals surface area contributed by atoms with E-state index in [4.69, 9.17) is 0 Å². The van der Waals surface area contributed by atoms with Gasteiger partial charge >= 0.3 is 0 Å². The summed E-state index contributed by atoms with van der Waals surface area (Å²) in [4.78, 5) is 19.6. The van der Waals surface area contributed by atoms with Gasteiger partial charge in [-0.3, -0.25) is 29.4 Å². The maximum absolute atomic E-state index is 2.84. The molecule has 8 heteroatoms. The molecule has 6 aliphatic heterocycles. The van der Waals surface area contributed by atoms with Gasteiger partial charge in [-0.15, -0.1) is 0 Å². The van der Waals surface area contributed by atoms with Gasteiger partial charge in [0, 0.05) is 72.0 Å². The van der Waals surface area contributed by atoms with Crippen molar-refractivity contribution in [1.82, 2.24) is 34.3 Å². The van der Waals surface area contributed by atoms with Crippen LogP contribution in [0.1, 0.15) is 37.8 Å². The van der Waals surface area contributed by atoms with Gasteiger partial charge in [0.25, 0.3) is 0 Å². The van der Waals surface area contributed by atoms with Crippen molar-refractivity contribution in [1.29, 1.82) is 0 Å². The van der Waals surface area contributed by atoms with Crippen LogP contribution in [0.3, 0.4) is 0 Å². The average molecular weight is 538 g/mol. The lowest BCUT2D eigenvalue weighted by molar-refractivity contribution is -0.937. The minimum atomic E-state index is 0.536. The van der Waals surface area contributed by atoms with Gasteiger partial charge in [0.15, 0.2) is 6.17 Å². The molecule has 0 saturated carbocycles. The lowest BCUT2D eigenvalue weighted by Crippen LogP contribution is -2.75. The van der Waals surface area contributed by atoms with Crippen molar-refractivity contribution < 1.29 is 4.48 Å². The molecule has 0 N–H and O–H groups in total. The van der Waals surface area contributed by atoms with Gasteiger partial charge in [0.05, 0.1) is 39.0 Å². The molecule has 6 aliphatic rings. The molecule has 39 heavy (non-hydrogen) atoms. The third kappa shape index (κ3) is 4.79. The van der Waals surface area contributed by atoms with Crippen LogP contribution in [0.4, 0.5) is 0 Å². The first-order chi connectivity index (χ1) is 19.1. The highest BCUT2D eigenvalue weighted by Crippen LogP contribution is 2.36. The summed E-state index contributed by atoms with van der Waals surface area (Å²) in [6.45, 7) is 24.3. The lowest BCUT2D eigenvalue weighted by Gasteiger charge is -2.56. The Morgan fingerprint density at radius 3 is 1.82 bits per heavy atom. The van der Waals surface area contributed by atoms with Crippen LogP contribution in [0.25, 0.3) is 0 Å². The molecule has 8 nitrogen and oxygen atoms in total. The van der Waals surface area contributed by atoms with Crippen LogP contribution < -0.4 is 0 Å². The third-order valence-corrected chi connectivity index (χ3v) is 11.1. The van der Waals surface area contributed by atoms with E-state index in [1.165, 1.54) is 120 Å².